The summed E-state index contributed by atoms with van der Waals surface area (Å²) in [5.74, 6) is 1.01. The van der Waals surface area contributed by atoms with Gasteiger partial charge in [-0.1, -0.05) is 35.0 Å². The number of nitrogens with one attached hydrogen (secondary N) is 1. The lowest BCUT2D eigenvalue weighted by Crippen LogP contribution is -2.33. The third-order valence-corrected chi connectivity index (χ3v) is 4.02. The molecular formula is C20H23ClN2O4. The van der Waals surface area contributed by atoms with Crippen LogP contribution in [0.2, 0.25) is 5.02 Å². The van der Waals surface area contributed by atoms with Crippen molar-refractivity contribution in [2.45, 2.75) is 13.3 Å². The molecule has 7 heteroatoms. The summed E-state index contributed by atoms with van der Waals surface area (Å²) >= 11 is 5.91. The highest BCUT2D eigenvalue weighted by Gasteiger charge is 2.15. The topological polar surface area (TPSA) is 69.2 Å². The summed E-state index contributed by atoms with van der Waals surface area (Å²) in [4.78, 5) is 17.6. The van der Waals surface area contributed by atoms with Gasteiger partial charge in [-0.2, -0.15) is 0 Å². The van der Waals surface area contributed by atoms with Crippen LogP contribution in [-0.2, 0) is 16.1 Å². The fraction of sp³-hybridized carbons (Fsp3) is 0.300. The summed E-state index contributed by atoms with van der Waals surface area (Å²) < 4.78 is 10.5. The van der Waals surface area contributed by atoms with Crippen molar-refractivity contribution in [3.63, 3.8) is 0 Å². The normalized spacial score (nSPS) is 11.0. The van der Waals surface area contributed by atoms with Gasteiger partial charge in [0.05, 0.1) is 14.2 Å². The predicted molar refractivity (Wildman–Crippen MR) is 106 cm³/mol. The zero-order valence-corrected chi connectivity index (χ0v) is 16.4. The maximum absolute atomic E-state index is 12.5. The average molecular weight is 391 g/mol. The van der Waals surface area contributed by atoms with Crippen LogP contribution in [0, 0.1) is 0 Å². The van der Waals surface area contributed by atoms with Crippen molar-refractivity contribution in [2.24, 2.45) is 5.16 Å². The Bertz CT molecular complexity index is 791. The predicted octanol–water partition coefficient (Wildman–Crippen LogP) is 3.46. The first-order valence-electron chi connectivity index (χ1n) is 8.54. The van der Waals surface area contributed by atoms with Crippen LogP contribution in [0.15, 0.2) is 47.6 Å². The molecule has 0 bridgehead atoms. The van der Waals surface area contributed by atoms with Gasteiger partial charge in [0.2, 0.25) is 0 Å². The Morgan fingerprint density at radius 1 is 1.07 bits per heavy atom. The Kier molecular flexibility index (Phi) is 7.95. The van der Waals surface area contributed by atoms with E-state index in [-0.39, 0.29) is 11.6 Å². The number of nitrogens with zero attached hydrogens (tertiary/aromatic N) is 1. The van der Waals surface area contributed by atoms with Gasteiger partial charge in [0.15, 0.2) is 17.2 Å². The fourth-order valence-electron chi connectivity index (χ4n) is 2.40. The van der Waals surface area contributed by atoms with Gasteiger partial charge in [0.1, 0.15) is 6.61 Å². The highest BCUT2D eigenvalue weighted by atomic mass is 35.5. The van der Waals surface area contributed by atoms with E-state index >= 15 is 0 Å². The molecule has 2 aromatic rings. The lowest BCUT2D eigenvalue weighted by molar-refractivity contribution is -0.114. The van der Waals surface area contributed by atoms with Gasteiger partial charge >= 0.3 is 0 Å². The van der Waals surface area contributed by atoms with Crippen molar-refractivity contribution in [3.8, 4) is 11.5 Å². The number of carbonyl (C=O) groups is 1. The number of hydrogen-bond acceptors (Lipinski definition) is 5. The molecule has 0 heterocycles. The van der Waals surface area contributed by atoms with Crippen molar-refractivity contribution in [2.75, 3.05) is 27.4 Å². The molecule has 0 radical (unpaired) electrons. The number of hydrogen-bond donors (Lipinski definition) is 1. The minimum Gasteiger partial charge on any atom is -0.493 e. The number of methoxy groups -OCH3 is 2. The van der Waals surface area contributed by atoms with Gasteiger partial charge in [-0.15, -0.1) is 0 Å². The smallest absolute Gasteiger partial charge is 0.273 e. The molecule has 0 aromatic heterocycles. The molecule has 0 aliphatic rings. The lowest BCUT2D eigenvalue weighted by atomic mass is 10.1. The van der Waals surface area contributed by atoms with Crippen LogP contribution in [-0.4, -0.2) is 39.0 Å². The number of rotatable bonds is 9. The third kappa shape index (κ3) is 5.89. The van der Waals surface area contributed by atoms with Gasteiger partial charge in [0, 0.05) is 17.1 Å². The van der Waals surface area contributed by atoms with Crippen molar-refractivity contribution in [3.05, 3.63) is 58.6 Å². The van der Waals surface area contributed by atoms with Crippen molar-refractivity contribution in [1.82, 2.24) is 5.32 Å². The molecule has 0 spiro atoms. The van der Waals surface area contributed by atoms with Crippen LogP contribution in [0.4, 0.5) is 0 Å². The minimum absolute atomic E-state index is 0.209. The molecule has 6 nitrogen and oxygen atoms in total. The Morgan fingerprint density at radius 3 is 2.41 bits per heavy atom. The number of amides is 1. The van der Waals surface area contributed by atoms with E-state index in [1.165, 1.54) is 0 Å². The number of oxime groups is 1. The first kappa shape index (κ1) is 20.6. The molecule has 2 aromatic carbocycles. The number of ether oxygens (including phenoxy) is 2. The van der Waals surface area contributed by atoms with Crippen LogP contribution in [0.5, 0.6) is 11.5 Å². The first-order chi connectivity index (χ1) is 13.1. The molecule has 2 rings (SSSR count). The van der Waals surface area contributed by atoms with Crippen molar-refractivity contribution < 1.29 is 19.1 Å². The molecule has 1 N–H and O–H groups in total. The van der Waals surface area contributed by atoms with E-state index in [4.69, 9.17) is 25.9 Å². The van der Waals surface area contributed by atoms with Gasteiger partial charge in [-0.25, -0.2) is 0 Å². The van der Waals surface area contributed by atoms with Crippen molar-refractivity contribution in [1.29, 1.82) is 0 Å². The number of benzene rings is 2. The fourth-order valence-corrected chi connectivity index (χ4v) is 2.53. The molecule has 27 heavy (non-hydrogen) atoms. The SMILES string of the molecule is CCON=C(C(=O)NCCc1ccc(OC)c(OC)c1)c1ccc(Cl)cc1. The summed E-state index contributed by atoms with van der Waals surface area (Å²) in [7, 11) is 3.18. The molecule has 0 aliphatic carbocycles. The summed E-state index contributed by atoms with van der Waals surface area (Å²) in [6, 6.07) is 12.5. The van der Waals surface area contributed by atoms with E-state index in [0.717, 1.165) is 5.56 Å². The van der Waals surface area contributed by atoms with Crippen LogP contribution in [0.1, 0.15) is 18.1 Å². The quantitative estimate of drug-likeness (QED) is 0.526. The molecule has 0 aliphatic heterocycles. The summed E-state index contributed by atoms with van der Waals surface area (Å²) in [5, 5.41) is 7.39. The van der Waals surface area contributed by atoms with Crippen molar-refractivity contribution >= 4 is 23.2 Å². The third-order valence-electron chi connectivity index (χ3n) is 3.76. The maximum Gasteiger partial charge on any atom is 0.273 e. The second kappa shape index (κ2) is 10.4. The number of halogens is 1. The van der Waals surface area contributed by atoms with E-state index in [0.29, 0.717) is 41.7 Å². The van der Waals surface area contributed by atoms with Crippen LogP contribution >= 0.6 is 11.6 Å². The molecule has 144 valence electrons. The van der Waals surface area contributed by atoms with Crippen LogP contribution < -0.4 is 14.8 Å². The van der Waals surface area contributed by atoms with Crippen LogP contribution in [0.3, 0.4) is 0 Å². The molecule has 0 saturated carbocycles. The zero-order chi connectivity index (χ0) is 19.6. The van der Waals surface area contributed by atoms with Gasteiger partial charge in [-0.05, 0) is 43.2 Å². The van der Waals surface area contributed by atoms with Gasteiger partial charge < -0.3 is 19.6 Å². The molecule has 1 amide bonds. The lowest BCUT2D eigenvalue weighted by Gasteiger charge is -2.11. The summed E-state index contributed by atoms with van der Waals surface area (Å²) in [6.45, 7) is 2.61. The van der Waals surface area contributed by atoms with E-state index in [2.05, 4.69) is 10.5 Å². The summed E-state index contributed by atoms with van der Waals surface area (Å²) in [6.07, 6.45) is 0.634. The standard InChI is InChI=1S/C20H23ClN2O4/c1-4-27-23-19(15-6-8-16(21)9-7-15)20(24)22-12-11-14-5-10-17(25-2)18(13-14)26-3/h5-10,13H,4,11-12H2,1-3H3,(H,22,24). The Morgan fingerprint density at radius 2 is 1.78 bits per heavy atom. The van der Waals surface area contributed by atoms with E-state index in [9.17, 15) is 4.79 Å². The monoisotopic (exact) mass is 390 g/mol. The second-order valence-electron chi connectivity index (χ2n) is 5.56. The number of carbonyl (C=O) groups excluding carboxylic acids is 1. The second-order valence-corrected chi connectivity index (χ2v) is 6.00. The first-order valence-corrected chi connectivity index (χ1v) is 8.91. The van der Waals surface area contributed by atoms with Gasteiger partial charge in [-0.3, -0.25) is 4.79 Å². The maximum atomic E-state index is 12.5. The van der Waals surface area contributed by atoms with Gasteiger partial charge in [0.25, 0.3) is 5.91 Å². The Hall–Kier alpha value is -2.73. The minimum atomic E-state index is -0.314. The molecule has 0 atom stereocenters. The molecule has 0 fully saturated rings. The molecule has 0 unspecified atom stereocenters. The highest BCUT2D eigenvalue weighted by Crippen LogP contribution is 2.27. The Balaban J connectivity index is 2.02. The Labute approximate surface area is 164 Å². The molecular weight excluding hydrogens is 368 g/mol. The van der Waals surface area contributed by atoms with E-state index in [1.54, 1.807) is 45.4 Å². The molecule has 0 saturated heterocycles. The summed E-state index contributed by atoms with van der Waals surface area (Å²) in [5.41, 5.74) is 1.86. The highest BCUT2D eigenvalue weighted by molar-refractivity contribution is 6.45. The van der Waals surface area contributed by atoms with E-state index in [1.807, 2.05) is 18.2 Å². The largest absolute Gasteiger partial charge is 0.493 e. The average Bonchev–Trinajstić information content (AvgIpc) is 2.69. The van der Waals surface area contributed by atoms with E-state index < -0.39 is 0 Å². The zero-order valence-electron chi connectivity index (χ0n) is 15.6. The van der Waals surface area contributed by atoms with Crippen LogP contribution in [0.25, 0.3) is 0 Å².